The normalized spacial score (nSPS) is 10.8. The van der Waals surface area contributed by atoms with Gasteiger partial charge in [0.1, 0.15) is 5.76 Å². The highest BCUT2D eigenvalue weighted by Gasteiger charge is 1.85. The summed E-state index contributed by atoms with van der Waals surface area (Å²) in [6, 6.07) is 1.74. The second-order valence-electron chi connectivity index (χ2n) is 1.51. The quantitative estimate of drug-likeness (QED) is 0.435. The van der Waals surface area contributed by atoms with Crippen LogP contribution in [0.1, 0.15) is 19.8 Å². The van der Waals surface area contributed by atoms with Crippen LogP contribution in [0.5, 0.6) is 0 Å². The van der Waals surface area contributed by atoms with Gasteiger partial charge in [-0.25, -0.2) is 0 Å². The lowest BCUT2D eigenvalue weighted by Gasteiger charge is -1.88. The zero-order valence-corrected chi connectivity index (χ0v) is 4.89. The van der Waals surface area contributed by atoms with E-state index in [-0.39, 0.29) is 5.76 Å². The summed E-state index contributed by atoms with van der Waals surface area (Å²) in [5.74, 6) is 0.176. The number of nitriles is 1. The van der Waals surface area contributed by atoms with Crippen LogP contribution in [0.25, 0.3) is 0 Å². The summed E-state index contributed by atoms with van der Waals surface area (Å²) >= 11 is 0. The SMILES string of the molecule is CCC/C(O)=C/C#N. The molecule has 2 heteroatoms. The van der Waals surface area contributed by atoms with Gasteiger partial charge in [-0.1, -0.05) is 6.92 Å². The van der Waals surface area contributed by atoms with Crippen LogP contribution in [0.3, 0.4) is 0 Å². The third kappa shape index (κ3) is 3.23. The third-order valence-electron chi connectivity index (χ3n) is 0.737. The summed E-state index contributed by atoms with van der Waals surface area (Å²) in [4.78, 5) is 0. The predicted octanol–water partition coefficient (Wildman–Crippen LogP) is 1.75. The molecular formula is C6H9NO. The molecule has 0 rings (SSSR count). The molecule has 8 heavy (non-hydrogen) atoms. The second-order valence-corrected chi connectivity index (χ2v) is 1.51. The smallest absolute Gasteiger partial charge is 0.103 e. The number of hydrogen-bond donors (Lipinski definition) is 1. The van der Waals surface area contributed by atoms with Crippen molar-refractivity contribution in [2.75, 3.05) is 0 Å². The molecule has 0 saturated carbocycles. The van der Waals surface area contributed by atoms with E-state index in [1.165, 1.54) is 0 Å². The van der Waals surface area contributed by atoms with Crippen molar-refractivity contribution >= 4 is 0 Å². The molecule has 0 aromatic rings. The van der Waals surface area contributed by atoms with Crippen molar-refractivity contribution in [1.82, 2.24) is 0 Å². The summed E-state index contributed by atoms with van der Waals surface area (Å²) < 4.78 is 0. The molecule has 0 aliphatic heterocycles. The minimum Gasteiger partial charge on any atom is -0.512 e. The Kier molecular flexibility index (Phi) is 3.69. The Bertz CT molecular complexity index is 121. The molecule has 0 spiro atoms. The van der Waals surface area contributed by atoms with Gasteiger partial charge in [0.15, 0.2) is 0 Å². The van der Waals surface area contributed by atoms with Crippen molar-refractivity contribution in [2.45, 2.75) is 19.8 Å². The van der Waals surface area contributed by atoms with Crippen LogP contribution in [0.4, 0.5) is 0 Å². The molecule has 0 aromatic carbocycles. The van der Waals surface area contributed by atoms with Gasteiger partial charge in [-0.05, 0) is 6.42 Å². The molecule has 0 saturated heterocycles. The van der Waals surface area contributed by atoms with E-state index in [9.17, 15) is 0 Å². The maximum absolute atomic E-state index is 8.69. The second kappa shape index (κ2) is 4.20. The maximum Gasteiger partial charge on any atom is 0.103 e. The molecule has 2 nitrogen and oxygen atoms in total. The number of aliphatic hydroxyl groups excluding tert-OH is 1. The van der Waals surface area contributed by atoms with E-state index in [2.05, 4.69) is 0 Å². The van der Waals surface area contributed by atoms with Crippen LogP contribution in [-0.4, -0.2) is 5.11 Å². The number of allylic oxidation sites excluding steroid dienone is 2. The molecule has 0 radical (unpaired) electrons. The highest BCUT2D eigenvalue weighted by molar-refractivity contribution is 5.06. The Hall–Kier alpha value is -0.970. The van der Waals surface area contributed by atoms with Crippen molar-refractivity contribution in [2.24, 2.45) is 0 Å². The van der Waals surface area contributed by atoms with E-state index in [0.717, 1.165) is 12.5 Å². The van der Waals surface area contributed by atoms with Gasteiger partial charge in [-0.3, -0.25) is 0 Å². The molecule has 0 bridgehead atoms. The summed E-state index contributed by atoms with van der Waals surface area (Å²) in [7, 11) is 0. The summed E-state index contributed by atoms with van der Waals surface area (Å²) in [6.45, 7) is 1.95. The Labute approximate surface area is 49.1 Å². The minimum atomic E-state index is 0.176. The highest BCUT2D eigenvalue weighted by atomic mass is 16.3. The number of aliphatic hydroxyl groups is 1. The lowest BCUT2D eigenvalue weighted by Crippen LogP contribution is -1.76. The monoisotopic (exact) mass is 111 g/mol. The molecular weight excluding hydrogens is 102 g/mol. The fourth-order valence-electron chi connectivity index (χ4n) is 0.403. The van der Waals surface area contributed by atoms with Crippen LogP contribution in [-0.2, 0) is 0 Å². The zero-order chi connectivity index (χ0) is 6.41. The van der Waals surface area contributed by atoms with Gasteiger partial charge >= 0.3 is 0 Å². The fourth-order valence-corrected chi connectivity index (χ4v) is 0.403. The Morgan fingerprint density at radius 3 is 2.88 bits per heavy atom. The van der Waals surface area contributed by atoms with Crippen LogP contribution in [0.2, 0.25) is 0 Å². The number of hydrogen-bond acceptors (Lipinski definition) is 2. The van der Waals surface area contributed by atoms with E-state index in [1.807, 2.05) is 6.92 Å². The summed E-state index contributed by atoms with van der Waals surface area (Å²) in [5.41, 5.74) is 0. The van der Waals surface area contributed by atoms with Crippen LogP contribution >= 0.6 is 0 Å². The van der Waals surface area contributed by atoms with Gasteiger partial charge in [0.25, 0.3) is 0 Å². The average molecular weight is 111 g/mol. The van der Waals surface area contributed by atoms with Crippen molar-refractivity contribution in [3.63, 3.8) is 0 Å². The molecule has 0 aliphatic rings. The molecule has 0 aliphatic carbocycles. The molecule has 0 aromatic heterocycles. The largest absolute Gasteiger partial charge is 0.512 e. The lowest BCUT2D eigenvalue weighted by atomic mass is 10.3. The lowest BCUT2D eigenvalue weighted by molar-refractivity contribution is 0.387. The molecule has 0 heterocycles. The molecule has 0 unspecified atom stereocenters. The zero-order valence-electron chi connectivity index (χ0n) is 4.89. The van der Waals surface area contributed by atoms with Crippen molar-refractivity contribution in [1.29, 1.82) is 5.26 Å². The van der Waals surface area contributed by atoms with Gasteiger partial charge in [0.2, 0.25) is 0 Å². The van der Waals surface area contributed by atoms with Crippen molar-refractivity contribution in [3.8, 4) is 6.07 Å². The molecule has 44 valence electrons. The first-order valence-corrected chi connectivity index (χ1v) is 2.59. The van der Waals surface area contributed by atoms with Crippen LogP contribution in [0, 0.1) is 11.3 Å². The first kappa shape index (κ1) is 7.03. The van der Waals surface area contributed by atoms with E-state index in [4.69, 9.17) is 10.4 Å². The maximum atomic E-state index is 8.69. The molecule has 0 amide bonds. The molecule has 1 N–H and O–H groups in total. The van der Waals surface area contributed by atoms with Crippen molar-refractivity contribution < 1.29 is 5.11 Å². The fraction of sp³-hybridized carbons (Fsp3) is 0.500. The van der Waals surface area contributed by atoms with Crippen LogP contribution in [0.15, 0.2) is 11.8 Å². The molecule has 0 atom stereocenters. The number of nitrogens with zero attached hydrogens (tertiary/aromatic N) is 1. The van der Waals surface area contributed by atoms with Gasteiger partial charge in [0, 0.05) is 6.42 Å². The Morgan fingerprint density at radius 1 is 1.88 bits per heavy atom. The summed E-state index contributed by atoms with van der Waals surface area (Å²) in [6.07, 6.45) is 2.64. The van der Waals surface area contributed by atoms with E-state index >= 15 is 0 Å². The average Bonchev–Trinajstić information content (AvgIpc) is 1.68. The third-order valence-corrected chi connectivity index (χ3v) is 0.737. The number of rotatable bonds is 2. The van der Waals surface area contributed by atoms with Crippen molar-refractivity contribution in [3.05, 3.63) is 11.8 Å². The Balaban J connectivity index is 3.49. The van der Waals surface area contributed by atoms with E-state index in [1.54, 1.807) is 6.07 Å². The topological polar surface area (TPSA) is 44.0 Å². The standard InChI is InChI=1S/C6H9NO/c1-2-3-6(8)4-5-7/h4,8H,2-3H2,1H3/b6-4-. The van der Waals surface area contributed by atoms with E-state index in [0.29, 0.717) is 6.42 Å². The van der Waals surface area contributed by atoms with Gasteiger partial charge < -0.3 is 5.11 Å². The van der Waals surface area contributed by atoms with Crippen LogP contribution < -0.4 is 0 Å². The van der Waals surface area contributed by atoms with Gasteiger partial charge in [-0.2, -0.15) is 5.26 Å². The molecule has 0 fully saturated rings. The summed E-state index contributed by atoms with van der Waals surface area (Å²) in [5, 5.41) is 16.7. The van der Waals surface area contributed by atoms with Gasteiger partial charge in [-0.15, -0.1) is 0 Å². The first-order valence-electron chi connectivity index (χ1n) is 2.59. The first-order chi connectivity index (χ1) is 3.81. The van der Waals surface area contributed by atoms with Gasteiger partial charge in [0.05, 0.1) is 12.1 Å². The van der Waals surface area contributed by atoms with E-state index < -0.39 is 0 Å². The Morgan fingerprint density at radius 2 is 2.50 bits per heavy atom. The minimum absolute atomic E-state index is 0.176. The predicted molar refractivity (Wildman–Crippen MR) is 31.2 cm³/mol. The highest BCUT2D eigenvalue weighted by Crippen LogP contribution is 1.97.